The SMILES string of the molecule is CCc1noc(C)c1C(=O)Nc1ccc(OCC(C)C)c(Cl)c1. The fraction of sp³-hybridized carbons (Fsp3) is 0.412. The molecule has 0 aliphatic heterocycles. The number of halogens is 1. The summed E-state index contributed by atoms with van der Waals surface area (Å²) in [5.41, 5.74) is 1.71. The van der Waals surface area contributed by atoms with Gasteiger partial charge in [0.25, 0.3) is 5.91 Å². The van der Waals surface area contributed by atoms with Crippen molar-refractivity contribution in [1.82, 2.24) is 5.16 Å². The van der Waals surface area contributed by atoms with Gasteiger partial charge in [0.2, 0.25) is 0 Å². The largest absolute Gasteiger partial charge is 0.492 e. The molecule has 1 N–H and O–H groups in total. The first kappa shape index (κ1) is 17.3. The van der Waals surface area contributed by atoms with E-state index in [1.54, 1.807) is 25.1 Å². The lowest BCUT2D eigenvalue weighted by atomic mass is 10.1. The Labute approximate surface area is 141 Å². The zero-order chi connectivity index (χ0) is 17.0. The maximum Gasteiger partial charge on any atom is 0.261 e. The van der Waals surface area contributed by atoms with Gasteiger partial charge in [-0.1, -0.05) is 37.5 Å². The number of nitrogens with zero attached hydrogens (tertiary/aromatic N) is 1. The first-order valence-corrected chi connectivity index (χ1v) is 7.99. The summed E-state index contributed by atoms with van der Waals surface area (Å²) in [4.78, 5) is 12.4. The van der Waals surface area contributed by atoms with Gasteiger partial charge in [0.1, 0.15) is 17.1 Å². The van der Waals surface area contributed by atoms with Gasteiger partial charge in [0, 0.05) is 5.69 Å². The highest BCUT2D eigenvalue weighted by atomic mass is 35.5. The third-order valence-electron chi connectivity index (χ3n) is 3.26. The summed E-state index contributed by atoms with van der Waals surface area (Å²) in [6, 6.07) is 5.18. The van der Waals surface area contributed by atoms with E-state index in [-0.39, 0.29) is 5.91 Å². The van der Waals surface area contributed by atoms with Crippen LogP contribution in [0.3, 0.4) is 0 Å². The summed E-state index contributed by atoms with van der Waals surface area (Å²) in [6.45, 7) is 8.36. The summed E-state index contributed by atoms with van der Waals surface area (Å²) in [7, 11) is 0. The maximum atomic E-state index is 12.4. The number of hydrogen-bond donors (Lipinski definition) is 1. The number of carbonyl (C=O) groups is 1. The monoisotopic (exact) mass is 336 g/mol. The Hall–Kier alpha value is -2.01. The van der Waals surface area contributed by atoms with Crippen LogP contribution < -0.4 is 10.1 Å². The molecule has 5 nitrogen and oxygen atoms in total. The van der Waals surface area contributed by atoms with Crippen LogP contribution in [-0.4, -0.2) is 17.7 Å². The molecule has 0 radical (unpaired) electrons. The summed E-state index contributed by atoms with van der Waals surface area (Å²) in [6.07, 6.45) is 0.628. The molecular weight excluding hydrogens is 316 g/mol. The van der Waals surface area contributed by atoms with Crippen LogP contribution in [-0.2, 0) is 6.42 Å². The number of carbonyl (C=O) groups excluding carboxylic acids is 1. The zero-order valence-electron chi connectivity index (χ0n) is 13.8. The highest BCUT2D eigenvalue weighted by Gasteiger charge is 2.19. The van der Waals surface area contributed by atoms with E-state index in [1.165, 1.54) is 0 Å². The number of aryl methyl sites for hydroxylation is 2. The second-order valence-electron chi connectivity index (χ2n) is 5.72. The van der Waals surface area contributed by atoms with E-state index >= 15 is 0 Å². The molecular formula is C17H21ClN2O3. The minimum atomic E-state index is -0.257. The molecule has 0 atom stereocenters. The predicted octanol–water partition coefficient (Wildman–Crippen LogP) is 4.49. The van der Waals surface area contributed by atoms with Crippen molar-refractivity contribution in [3.05, 3.63) is 40.2 Å². The number of aromatic nitrogens is 1. The van der Waals surface area contributed by atoms with Gasteiger partial charge in [-0.3, -0.25) is 4.79 Å². The summed E-state index contributed by atoms with van der Waals surface area (Å²) in [5.74, 6) is 1.26. The average molecular weight is 337 g/mol. The van der Waals surface area contributed by atoms with Gasteiger partial charge in [-0.15, -0.1) is 0 Å². The van der Waals surface area contributed by atoms with E-state index in [9.17, 15) is 4.79 Å². The molecule has 0 unspecified atom stereocenters. The fourth-order valence-electron chi connectivity index (χ4n) is 2.10. The molecule has 0 saturated heterocycles. The second kappa shape index (κ2) is 7.51. The Kier molecular flexibility index (Phi) is 5.66. The number of benzene rings is 1. The van der Waals surface area contributed by atoms with Gasteiger partial charge in [-0.25, -0.2) is 0 Å². The fourth-order valence-corrected chi connectivity index (χ4v) is 2.33. The van der Waals surface area contributed by atoms with Gasteiger partial charge >= 0.3 is 0 Å². The Balaban J connectivity index is 2.12. The number of hydrogen-bond acceptors (Lipinski definition) is 4. The molecule has 0 bridgehead atoms. The van der Waals surface area contributed by atoms with Gasteiger partial charge in [-0.2, -0.15) is 0 Å². The van der Waals surface area contributed by atoms with Crippen LogP contribution in [0.4, 0.5) is 5.69 Å². The predicted molar refractivity (Wildman–Crippen MR) is 90.4 cm³/mol. The lowest BCUT2D eigenvalue weighted by Crippen LogP contribution is -2.14. The van der Waals surface area contributed by atoms with E-state index in [0.29, 0.717) is 52.4 Å². The molecule has 23 heavy (non-hydrogen) atoms. The van der Waals surface area contributed by atoms with Crippen LogP contribution in [0.15, 0.2) is 22.7 Å². The summed E-state index contributed by atoms with van der Waals surface area (Å²) in [5, 5.41) is 7.16. The molecule has 6 heteroatoms. The van der Waals surface area contributed by atoms with Crippen LogP contribution >= 0.6 is 11.6 Å². The maximum absolute atomic E-state index is 12.4. The lowest BCUT2D eigenvalue weighted by Gasteiger charge is -2.12. The first-order valence-electron chi connectivity index (χ1n) is 7.61. The number of anilines is 1. The van der Waals surface area contributed by atoms with Crippen LogP contribution in [0.1, 0.15) is 42.6 Å². The molecule has 124 valence electrons. The van der Waals surface area contributed by atoms with Crippen molar-refractivity contribution in [3.63, 3.8) is 0 Å². The number of amides is 1. The van der Waals surface area contributed by atoms with Crippen molar-refractivity contribution < 1.29 is 14.1 Å². The molecule has 2 rings (SSSR count). The quantitative estimate of drug-likeness (QED) is 0.844. The van der Waals surface area contributed by atoms with E-state index < -0.39 is 0 Å². The van der Waals surface area contributed by atoms with Gasteiger partial charge in [0.05, 0.1) is 17.3 Å². The Bertz CT molecular complexity index is 695. The molecule has 1 heterocycles. The molecule has 2 aromatic rings. The van der Waals surface area contributed by atoms with Crippen molar-refractivity contribution in [1.29, 1.82) is 0 Å². The molecule has 1 aromatic carbocycles. The smallest absolute Gasteiger partial charge is 0.261 e. The van der Waals surface area contributed by atoms with Gasteiger partial charge in [-0.05, 0) is 37.5 Å². The Morgan fingerprint density at radius 1 is 1.43 bits per heavy atom. The highest BCUT2D eigenvalue weighted by molar-refractivity contribution is 6.32. The first-order chi connectivity index (χ1) is 10.9. The van der Waals surface area contributed by atoms with E-state index in [0.717, 1.165) is 0 Å². The zero-order valence-corrected chi connectivity index (χ0v) is 14.5. The Morgan fingerprint density at radius 2 is 2.17 bits per heavy atom. The van der Waals surface area contributed by atoms with Crippen LogP contribution in [0.2, 0.25) is 5.02 Å². The molecule has 0 saturated carbocycles. The average Bonchev–Trinajstić information content (AvgIpc) is 2.87. The van der Waals surface area contributed by atoms with Crippen LogP contribution in [0.5, 0.6) is 5.75 Å². The molecule has 1 amide bonds. The second-order valence-corrected chi connectivity index (χ2v) is 6.13. The molecule has 0 aliphatic rings. The van der Waals surface area contributed by atoms with Crippen molar-refractivity contribution in [2.24, 2.45) is 5.92 Å². The normalized spacial score (nSPS) is 10.9. The third kappa shape index (κ3) is 4.26. The number of nitrogens with one attached hydrogen (secondary N) is 1. The van der Waals surface area contributed by atoms with Gasteiger partial charge < -0.3 is 14.6 Å². The van der Waals surface area contributed by atoms with Gasteiger partial charge in [0.15, 0.2) is 0 Å². The van der Waals surface area contributed by atoms with E-state index in [1.807, 2.05) is 6.92 Å². The molecule has 0 spiro atoms. The van der Waals surface area contributed by atoms with Crippen molar-refractivity contribution in [2.75, 3.05) is 11.9 Å². The standard InChI is InChI=1S/C17H21ClN2O3/c1-5-14-16(11(4)23-20-14)17(21)19-12-6-7-15(13(18)8-12)22-9-10(2)3/h6-8,10H,5,9H2,1-4H3,(H,19,21). The molecule has 0 fully saturated rings. The van der Waals surface area contributed by atoms with E-state index in [4.69, 9.17) is 20.9 Å². The minimum Gasteiger partial charge on any atom is -0.492 e. The summed E-state index contributed by atoms with van der Waals surface area (Å²) < 4.78 is 10.7. The third-order valence-corrected chi connectivity index (χ3v) is 3.55. The molecule has 0 aliphatic carbocycles. The topological polar surface area (TPSA) is 64.4 Å². The number of ether oxygens (including phenoxy) is 1. The Morgan fingerprint density at radius 3 is 2.78 bits per heavy atom. The minimum absolute atomic E-state index is 0.257. The van der Waals surface area contributed by atoms with Crippen molar-refractivity contribution in [2.45, 2.75) is 34.1 Å². The number of rotatable bonds is 6. The highest BCUT2D eigenvalue weighted by Crippen LogP contribution is 2.28. The van der Waals surface area contributed by atoms with Crippen LogP contribution in [0.25, 0.3) is 0 Å². The van der Waals surface area contributed by atoms with Crippen molar-refractivity contribution in [3.8, 4) is 5.75 Å². The summed E-state index contributed by atoms with van der Waals surface area (Å²) >= 11 is 6.20. The van der Waals surface area contributed by atoms with E-state index in [2.05, 4.69) is 24.3 Å². The molecule has 1 aromatic heterocycles. The van der Waals surface area contributed by atoms with Crippen molar-refractivity contribution >= 4 is 23.2 Å². The lowest BCUT2D eigenvalue weighted by molar-refractivity contribution is 0.102. The van der Waals surface area contributed by atoms with Crippen LogP contribution in [0, 0.1) is 12.8 Å².